The number of para-hydroxylation sites is 1. The van der Waals surface area contributed by atoms with Gasteiger partial charge in [0.2, 0.25) is 0 Å². The lowest BCUT2D eigenvalue weighted by Crippen LogP contribution is -2.48. The SMILES string of the molecule is C/C=C/[C@]1(COCc2ccc3ccccc3c2)O[C@@H](n2cnc3c(N)nc(F)nc32)[C@H](OC(=S)Oc2ccccc2)[C@@H]1OCc1ccc2ccccc2c1. The molecule has 1 aliphatic heterocycles. The topological polar surface area (TPSA) is 116 Å². The zero-order valence-electron chi connectivity index (χ0n) is 29.2. The van der Waals surface area contributed by atoms with Crippen molar-refractivity contribution in [1.29, 1.82) is 0 Å². The lowest BCUT2D eigenvalue weighted by atomic mass is 9.94. The molecule has 7 aromatic rings. The van der Waals surface area contributed by atoms with Gasteiger partial charge in [0.1, 0.15) is 17.5 Å². The summed E-state index contributed by atoms with van der Waals surface area (Å²) in [5.41, 5.74) is 7.04. The van der Waals surface area contributed by atoms with E-state index >= 15 is 0 Å². The molecule has 0 aliphatic carbocycles. The Bertz CT molecular complexity index is 2480. The monoisotopic (exact) mass is 741 g/mol. The van der Waals surface area contributed by atoms with Gasteiger partial charge in [0.05, 0.1) is 26.1 Å². The molecule has 54 heavy (non-hydrogen) atoms. The highest BCUT2D eigenvalue weighted by Crippen LogP contribution is 2.44. The molecule has 2 aromatic heterocycles. The molecule has 0 radical (unpaired) electrons. The van der Waals surface area contributed by atoms with Crippen LogP contribution in [-0.4, -0.2) is 49.2 Å². The molecule has 10 nitrogen and oxygen atoms in total. The normalized spacial score (nSPS) is 19.9. The van der Waals surface area contributed by atoms with E-state index in [0.717, 1.165) is 32.7 Å². The van der Waals surface area contributed by atoms with Crippen molar-refractivity contribution in [3.05, 3.63) is 151 Å². The molecule has 1 saturated heterocycles. The number of thiocarbonyl (C=S) groups is 1. The van der Waals surface area contributed by atoms with Gasteiger partial charge in [0, 0.05) is 12.2 Å². The second-order valence-electron chi connectivity index (χ2n) is 13.0. The second-order valence-corrected chi connectivity index (χ2v) is 13.3. The van der Waals surface area contributed by atoms with E-state index in [1.165, 1.54) is 6.33 Å². The quantitative estimate of drug-likeness (QED) is 0.0790. The van der Waals surface area contributed by atoms with Crippen molar-refractivity contribution in [3.63, 3.8) is 0 Å². The Balaban J connectivity index is 1.18. The van der Waals surface area contributed by atoms with Crippen LogP contribution in [0.2, 0.25) is 0 Å². The number of allylic oxidation sites excluding steroid dienone is 1. The first kappa shape index (κ1) is 35.3. The molecule has 5 aromatic carbocycles. The average Bonchev–Trinajstić information content (AvgIpc) is 3.73. The molecule has 272 valence electrons. The third-order valence-electron chi connectivity index (χ3n) is 9.38. The van der Waals surface area contributed by atoms with Gasteiger partial charge >= 0.3 is 11.3 Å². The number of nitrogen functional groups attached to an aromatic ring is 1. The number of benzene rings is 5. The Hall–Kier alpha value is -5.79. The van der Waals surface area contributed by atoms with Crippen molar-refractivity contribution < 1.29 is 28.1 Å². The molecule has 12 heteroatoms. The fourth-order valence-electron chi connectivity index (χ4n) is 6.93. The van der Waals surface area contributed by atoms with Crippen molar-refractivity contribution in [2.45, 2.75) is 44.2 Å². The number of fused-ring (bicyclic) bond motifs is 3. The van der Waals surface area contributed by atoms with Gasteiger partial charge in [0.15, 0.2) is 29.3 Å². The standard InChI is InChI=1S/C42H36FN5O5S/c1-2-20-42(25-49-23-27-16-18-29-10-6-8-12-31(29)21-27)36(50-24-28-17-19-30-11-7-9-13-32(30)22-28)35(52-41(54)51-33-14-4-3-5-15-33)39(53-42)48-26-45-34-37(44)46-40(43)47-38(34)48/h2-22,26,35-36,39H,23-25H2,1H3,(H2,44,46,47)/b20-2+/t35-,36+,39-,42-/m1/s1. The maximum absolute atomic E-state index is 14.7. The van der Waals surface area contributed by atoms with Crippen LogP contribution in [-0.2, 0) is 32.2 Å². The van der Waals surface area contributed by atoms with E-state index in [2.05, 4.69) is 63.5 Å². The van der Waals surface area contributed by atoms with Crippen molar-refractivity contribution in [3.8, 4) is 5.75 Å². The number of aromatic nitrogens is 4. The smallest absolute Gasteiger partial charge is 0.358 e. The zero-order valence-corrected chi connectivity index (χ0v) is 30.1. The zero-order chi connectivity index (χ0) is 37.1. The summed E-state index contributed by atoms with van der Waals surface area (Å²) in [6.45, 7) is 2.42. The largest absolute Gasteiger partial charge is 0.445 e. The van der Waals surface area contributed by atoms with Gasteiger partial charge in [-0.3, -0.25) is 4.57 Å². The highest BCUT2D eigenvalue weighted by Gasteiger charge is 2.58. The van der Waals surface area contributed by atoms with Crippen LogP contribution in [0.3, 0.4) is 0 Å². The van der Waals surface area contributed by atoms with Crippen LogP contribution < -0.4 is 10.5 Å². The van der Waals surface area contributed by atoms with Gasteiger partial charge < -0.3 is 29.4 Å². The van der Waals surface area contributed by atoms with Crippen molar-refractivity contribution in [2.24, 2.45) is 0 Å². The maximum atomic E-state index is 14.7. The fraction of sp³-hybridized carbons (Fsp3) is 0.190. The van der Waals surface area contributed by atoms with Gasteiger partial charge in [-0.05, 0) is 63.9 Å². The van der Waals surface area contributed by atoms with E-state index in [4.69, 9.17) is 41.6 Å². The van der Waals surface area contributed by atoms with Crippen LogP contribution in [0, 0.1) is 6.08 Å². The van der Waals surface area contributed by atoms with Gasteiger partial charge in [-0.15, -0.1) is 0 Å². The summed E-state index contributed by atoms with van der Waals surface area (Å²) >= 11 is 5.67. The Morgan fingerprint density at radius 1 is 0.870 bits per heavy atom. The van der Waals surface area contributed by atoms with Crippen molar-refractivity contribution in [1.82, 2.24) is 19.5 Å². The van der Waals surface area contributed by atoms with Gasteiger partial charge in [0.25, 0.3) is 0 Å². The molecule has 2 N–H and O–H groups in total. The van der Waals surface area contributed by atoms with Gasteiger partial charge in [-0.25, -0.2) is 4.98 Å². The molecular weight excluding hydrogens is 706 g/mol. The number of ether oxygens (including phenoxy) is 5. The number of halogens is 1. The van der Waals surface area contributed by atoms with E-state index in [-0.39, 0.29) is 35.4 Å². The minimum atomic E-state index is -1.26. The van der Waals surface area contributed by atoms with E-state index in [9.17, 15) is 4.39 Å². The van der Waals surface area contributed by atoms with Crippen LogP contribution in [0.4, 0.5) is 10.2 Å². The van der Waals surface area contributed by atoms with Crippen LogP contribution in [0.25, 0.3) is 32.7 Å². The van der Waals surface area contributed by atoms with Gasteiger partial charge in [-0.2, -0.15) is 14.4 Å². The number of rotatable bonds is 11. The fourth-order valence-corrected chi connectivity index (χ4v) is 7.13. The second kappa shape index (κ2) is 15.3. The van der Waals surface area contributed by atoms with Crippen LogP contribution in [0.5, 0.6) is 5.75 Å². The first-order valence-corrected chi connectivity index (χ1v) is 17.9. The summed E-state index contributed by atoms with van der Waals surface area (Å²) in [6.07, 6.45) is 1.33. The molecular formula is C42H36FN5O5S. The van der Waals surface area contributed by atoms with E-state index in [1.807, 2.05) is 73.7 Å². The van der Waals surface area contributed by atoms with E-state index < -0.39 is 30.1 Å². The number of hydrogen-bond acceptors (Lipinski definition) is 10. The van der Waals surface area contributed by atoms with Gasteiger partial charge in [-0.1, -0.05) is 103 Å². The Kier molecular flexibility index (Phi) is 9.98. The lowest BCUT2D eigenvalue weighted by Gasteiger charge is -2.32. The minimum absolute atomic E-state index is 0.0489. The summed E-state index contributed by atoms with van der Waals surface area (Å²) < 4.78 is 49.0. The summed E-state index contributed by atoms with van der Waals surface area (Å²) in [5, 5.41) is 4.26. The number of nitrogens with two attached hydrogens (primary N) is 1. The number of hydrogen-bond donors (Lipinski definition) is 1. The summed E-state index contributed by atoms with van der Waals surface area (Å²) in [6, 6.07) is 37.7. The highest BCUT2D eigenvalue weighted by molar-refractivity contribution is 7.79. The first-order chi connectivity index (χ1) is 26.4. The van der Waals surface area contributed by atoms with E-state index in [0.29, 0.717) is 12.4 Å². The molecule has 3 heterocycles. The molecule has 1 fully saturated rings. The molecule has 0 unspecified atom stereocenters. The molecule has 0 spiro atoms. The van der Waals surface area contributed by atoms with Crippen LogP contribution >= 0.6 is 12.2 Å². The molecule has 1 aliphatic rings. The minimum Gasteiger partial charge on any atom is -0.445 e. The third kappa shape index (κ3) is 7.24. The summed E-state index contributed by atoms with van der Waals surface area (Å²) in [7, 11) is 0. The summed E-state index contributed by atoms with van der Waals surface area (Å²) in [5.74, 6) is 0.373. The molecule has 8 rings (SSSR count). The molecule has 0 saturated carbocycles. The lowest BCUT2D eigenvalue weighted by molar-refractivity contribution is -0.129. The van der Waals surface area contributed by atoms with Crippen LogP contribution in [0.1, 0.15) is 24.3 Å². The van der Waals surface area contributed by atoms with Crippen molar-refractivity contribution >= 4 is 56.0 Å². The molecule has 0 amide bonds. The Morgan fingerprint density at radius 2 is 1.52 bits per heavy atom. The predicted octanol–water partition coefficient (Wildman–Crippen LogP) is 8.25. The predicted molar refractivity (Wildman–Crippen MR) is 208 cm³/mol. The highest BCUT2D eigenvalue weighted by atomic mass is 32.1. The molecule has 4 atom stereocenters. The van der Waals surface area contributed by atoms with Crippen molar-refractivity contribution in [2.75, 3.05) is 12.3 Å². The average molecular weight is 742 g/mol. The van der Waals surface area contributed by atoms with Crippen LogP contribution in [0.15, 0.2) is 134 Å². The first-order valence-electron chi connectivity index (χ1n) is 17.4. The molecule has 0 bridgehead atoms. The third-order valence-corrected chi connectivity index (χ3v) is 9.56. The Labute approximate surface area is 315 Å². The number of imidazole rings is 1. The number of nitrogens with zero attached hydrogens (tertiary/aromatic N) is 4. The Morgan fingerprint density at radius 3 is 2.20 bits per heavy atom. The maximum Gasteiger partial charge on any atom is 0.358 e. The summed E-state index contributed by atoms with van der Waals surface area (Å²) in [4.78, 5) is 12.1. The number of anilines is 1. The van der Waals surface area contributed by atoms with E-state index in [1.54, 1.807) is 16.7 Å².